The normalized spacial score (nSPS) is 10.9. The molecule has 0 atom stereocenters. The third-order valence-corrected chi connectivity index (χ3v) is 3.49. The molecule has 1 aromatic rings. The zero-order valence-electron chi connectivity index (χ0n) is 9.19. The van der Waals surface area contributed by atoms with Gasteiger partial charge in [0.15, 0.2) is 0 Å². The smallest absolute Gasteiger partial charge is 0.0860 e. The first-order valence-corrected chi connectivity index (χ1v) is 7.09. The Morgan fingerprint density at radius 2 is 2.27 bits per heavy atom. The second-order valence-electron chi connectivity index (χ2n) is 3.38. The highest BCUT2D eigenvalue weighted by Gasteiger charge is 2.11. The number of hydrogen-bond acceptors (Lipinski definition) is 2. The molecule has 5 heteroatoms. The van der Waals surface area contributed by atoms with Crippen molar-refractivity contribution >= 4 is 34.2 Å². The molecule has 0 saturated carbocycles. The van der Waals surface area contributed by atoms with Crippen molar-refractivity contribution in [3.63, 3.8) is 0 Å². The van der Waals surface area contributed by atoms with Gasteiger partial charge in [0, 0.05) is 17.5 Å². The fourth-order valence-electron chi connectivity index (χ4n) is 1.44. The maximum absolute atomic E-state index is 6.18. The van der Waals surface area contributed by atoms with Crippen molar-refractivity contribution in [2.24, 2.45) is 0 Å². The number of halogens is 2. The molecule has 1 heterocycles. The van der Waals surface area contributed by atoms with Gasteiger partial charge in [-0.1, -0.05) is 34.2 Å². The molecule has 0 saturated heterocycles. The molecule has 15 heavy (non-hydrogen) atoms. The number of alkyl halides is 1. The minimum Gasteiger partial charge on any atom is -0.311 e. The lowest BCUT2D eigenvalue weighted by molar-refractivity contribution is 0.579. The quantitative estimate of drug-likeness (QED) is 0.490. The van der Waals surface area contributed by atoms with Crippen LogP contribution in [0.15, 0.2) is 0 Å². The SMILES string of the molecule is CCn1nc(C)c(Cl)c1CNCCCI. The minimum absolute atomic E-state index is 0.804. The van der Waals surface area contributed by atoms with Gasteiger partial charge in [-0.3, -0.25) is 4.68 Å². The summed E-state index contributed by atoms with van der Waals surface area (Å²) in [6.45, 7) is 6.74. The van der Waals surface area contributed by atoms with E-state index < -0.39 is 0 Å². The van der Waals surface area contributed by atoms with Crippen LogP contribution < -0.4 is 5.32 Å². The highest BCUT2D eigenvalue weighted by molar-refractivity contribution is 14.1. The summed E-state index contributed by atoms with van der Waals surface area (Å²) in [7, 11) is 0. The van der Waals surface area contributed by atoms with Crippen LogP contribution in [0.5, 0.6) is 0 Å². The van der Waals surface area contributed by atoms with Crippen LogP contribution in [0.2, 0.25) is 5.02 Å². The highest BCUT2D eigenvalue weighted by atomic mass is 127. The summed E-state index contributed by atoms with van der Waals surface area (Å²) in [5.74, 6) is 0. The molecule has 1 aromatic heterocycles. The number of rotatable bonds is 6. The molecule has 0 radical (unpaired) electrons. The molecular weight excluding hydrogens is 324 g/mol. The molecule has 0 bridgehead atoms. The fraction of sp³-hybridized carbons (Fsp3) is 0.700. The molecule has 1 N–H and O–H groups in total. The summed E-state index contributed by atoms with van der Waals surface area (Å²) >= 11 is 8.56. The van der Waals surface area contributed by atoms with Gasteiger partial charge in [-0.25, -0.2) is 0 Å². The standard InChI is InChI=1S/C10H17ClIN3/c1-3-15-9(7-13-6-4-5-12)10(11)8(2)14-15/h13H,3-7H2,1-2H3. The molecule has 3 nitrogen and oxygen atoms in total. The number of nitrogens with one attached hydrogen (secondary N) is 1. The Kier molecular flexibility index (Phi) is 5.92. The lowest BCUT2D eigenvalue weighted by Gasteiger charge is -2.06. The average Bonchev–Trinajstić information content (AvgIpc) is 2.51. The zero-order valence-corrected chi connectivity index (χ0v) is 12.1. The van der Waals surface area contributed by atoms with Gasteiger partial charge in [0.2, 0.25) is 0 Å². The van der Waals surface area contributed by atoms with Crippen molar-refractivity contribution in [2.45, 2.75) is 33.4 Å². The van der Waals surface area contributed by atoms with E-state index in [4.69, 9.17) is 11.6 Å². The third kappa shape index (κ3) is 3.60. The number of aryl methyl sites for hydroxylation is 2. The first-order chi connectivity index (χ1) is 7.20. The number of nitrogens with zero attached hydrogens (tertiary/aromatic N) is 2. The minimum atomic E-state index is 0.804. The van der Waals surface area contributed by atoms with E-state index in [1.165, 1.54) is 10.8 Å². The maximum Gasteiger partial charge on any atom is 0.0860 e. The van der Waals surface area contributed by atoms with Gasteiger partial charge in [-0.15, -0.1) is 0 Å². The van der Waals surface area contributed by atoms with Crippen LogP contribution in [-0.4, -0.2) is 20.8 Å². The summed E-state index contributed by atoms with van der Waals surface area (Å²) in [6.07, 6.45) is 1.19. The van der Waals surface area contributed by atoms with Crippen molar-refractivity contribution in [3.8, 4) is 0 Å². The molecule has 0 aromatic carbocycles. The van der Waals surface area contributed by atoms with E-state index in [2.05, 4.69) is 39.9 Å². The van der Waals surface area contributed by atoms with Crippen molar-refractivity contribution in [2.75, 3.05) is 11.0 Å². The molecule has 0 unspecified atom stereocenters. The molecule has 1 rings (SSSR count). The summed E-state index contributed by atoms with van der Waals surface area (Å²) in [4.78, 5) is 0. The topological polar surface area (TPSA) is 29.9 Å². The Bertz CT molecular complexity index is 312. The summed E-state index contributed by atoms with van der Waals surface area (Å²) in [5, 5.41) is 8.56. The summed E-state index contributed by atoms with van der Waals surface area (Å²) in [5.41, 5.74) is 2.02. The van der Waals surface area contributed by atoms with E-state index in [0.717, 1.165) is 36.0 Å². The zero-order chi connectivity index (χ0) is 11.3. The largest absolute Gasteiger partial charge is 0.311 e. The first-order valence-electron chi connectivity index (χ1n) is 5.19. The number of hydrogen-bond donors (Lipinski definition) is 1. The van der Waals surface area contributed by atoms with Crippen LogP contribution in [0, 0.1) is 6.92 Å². The van der Waals surface area contributed by atoms with Crippen molar-refractivity contribution < 1.29 is 0 Å². The van der Waals surface area contributed by atoms with Gasteiger partial charge in [0.05, 0.1) is 16.4 Å². The van der Waals surface area contributed by atoms with Crippen LogP contribution in [0.4, 0.5) is 0 Å². The second kappa shape index (κ2) is 6.70. The Morgan fingerprint density at radius 3 is 2.87 bits per heavy atom. The monoisotopic (exact) mass is 341 g/mol. The molecular formula is C10H17ClIN3. The van der Waals surface area contributed by atoms with Gasteiger partial charge in [0.1, 0.15) is 0 Å². The first kappa shape index (κ1) is 13.3. The molecule has 0 spiro atoms. The second-order valence-corrected chi connectivity index (χ2v) is 4.84. The Morgan fingerprint density at radius 1 is 1.53 bits per heavy atom. The van der Waals surface area contributed by atoms with E-state index in [1.54, 1.807) is 0 Å². The highest BCUT2D eigenvalue weighted by Crippen LogP contribution is 2.19. The molecule has 0 aliphatic rings. The van der Waals surface area contributed by atoms with E-state index in [9.17, 15) is 0 Å². The van der Waals surface area contributed by atoms with Gasteiger partial charge < -0.3 is 5.32 Å². The molecule has 0 fully saturated rings. The fourth-order valence-corrected chi connectivity index (χ4v) is 2.02. The van der Waals surface area contributed by atoms with Crippen LogP contribution in [0.1, 0.15) is 24.7 Å². The van der Waals surface area contributed by atoms with Crippen LogP contribution >= 0.6 is 34.2 Å². The van der Waals surface area contributed by atoms with E-state index >= 15 is 0 Å². The maximum atomic E-state index is 6.18. The Hall–Kier alpha value is 0.190. The Labute approximate surface area is 110 Å². The van der Waals surface area contributed by atoms with Gasteiger partial charge in [-0.05, 0) is 26.8 Å². The Balaban J connectivity index is 2.58. The van der Waals surface area contributed by atoms with Crippen molar-refractivity contribution in [1.29, 1.82) is 0 Å². The predicted molar refractivity (Wildman–Crippen MR) is 72.9 cm³/mol. The summed E-state index contributed by atoms with van der Waals surface area (Å²) < 4.78 is 3.15. The third-order valence-electron chi connectivity index (χ3n) is 2.23. The predicted octanol–water partition coefficient (Wildman–Crippen LogP) is 2.78. The van der Waals surface area contributed by atoms with E-state index in [-0.39, 0.29) is 0 Å². The van der Waals surface area contributed by atoms with Crippen LogP contribution in [0.25, 0.3) is 0 Å². The molecule has 86 valence electrons. The lowest BCUT2D eigenvalue weighted by Crippen LogP contribution is -2.18. The van der Waals surface area contributed by atoms with E-state index in [1.807, 2.05) is 11.6 Å². The molecule has 0 aliphatic heterocycles. The molecule has 0 amide bonds. The van der Waals surface area contributed by atoms with Gasteiger partial charge >= 0.3 is 0 Å². The number of aromatic nitrogens is 2. The molecule has 0 aliphatic carbocycles. The van der Waals surface area contributed by atoms with Gasteiger partial charge in [0.25, 0.3) is 0 Å². The van der Waals surface area contributed by atoms with Crippen LogP contribution in [-0.2, 0) is 13.1 Å². The van der Waals surface area contributed by atoms with Crippen LogP contribution in [0.3, 0.4) is 0 Å². The summed E-state index contributed by atoms with van der Waals surface area (Å²) in [6, 6.07) is 0. The van der Waals surface area contributed by atoms with Crippen molar-refractivity contribution in [3.05, 3.63) is 16.4 Å². The van der Waals surface area contributed by atoms with Gasteiger partial charge in [-0.2, -0.15) is 5.10 Å². The lowest BCUT2D eigenvalue weighted by atomic mass is 10.3. The van der Waals surface area contributed by atoms with Crippen molar-refractivity contribution in [1.82, 2.24) is 15.1 Å². The van der Waals surface area contributed by atoms with E-state index in [0.29, 0.717) is 0 Å². The average molecular weight is 342 g/mol.